The van der Waals surface area contributed by atoms with Gasteiger partial charge in [0.2, 0.25) is 15.5 Å². The molecule has 16 heteroatoms. The van der Waals surface area contributed by atoms with Crippen LogP contribution in [0.2, 0.25) is 0 Å². The molecule has 3 aliphatic heterocycles. The number of imide groups is 1. The van der Waals surface area contributed by atoms with Crippen LogP contribution in [0.5, 0.6) is 0 Å². The van der Waals surface area contributed by atoms with Gasteiger partial charge in [-0.25, -0.2) is 13.2 Å². The van der Waals surface area contributed by atoms with Gasteiger partial charge in [0, 0.05) is 67.8 Å². The molecule has 1 aromatic heterocycles. The number of aromatic nitrogens is 1. The normalized spacial score (nSPS) is 19.0. The average Bonchev–Trinajstić information content (AvgIpc) is 3.67. The second kappa shape index (κ2) is 14.8. The Morgan fingerprint density at radius 1 is 0.962 bits per heavy atom. The summed E-state index contributed by atoms with van der Waals surface area (Å²) in [6, 6.07) is 9.83. The number of carbonyl (C=O) groups is 3. The Labute approximate surface area is 307 Å². The van der Waals surface area contributed by atoms with Gasteiger partial charge in [0.1, 0.15) is 11.7 Å². The first kappa shape index (κ1) is 37.8. The van der Waals surface area contributed by atoms with Crippen molar-refractivity contribution in [3.63, 3.8) is 0 Å². The maximum atomic E-state index is 13.3. The number of benzene rings is 2. The number of hydrogen-bond acceptors (Lipinski definition) is 10. The van der Waals surface area contributed by atoms with E-state index in [0.29, 0.717) is 48.9 Å². The number of amides is 2. The minimum Gasteiger partial charge on any atom is -0.344 e. The lowest BCUT2D eigenvalue weighted by molar-refractivity contribution is -0.642. The van der Waals surface area contributed by atoms with Crippen molar-refractivity contribution in [3.8, 4) is 0 Å². The van der Waals surface area contributed by atoms with Crippen molar-refractivity contribution in [2.24, 2.45) is 7.05 Å². The van der Waals surface area contributed by atoms with Gasteiger partial charge >= 0.3 is 5.97 Å². The molecule has 278 valence electrons. The van der Waals surface area contributed by atoms with E-state index >= 15 is 0 Å². The Morgan fingerprint density at radius 2 is 1.65 bits per heavy atom. The second-order valence-corrected chi connectivity index (χ2v) is 18.2. The first-order chi connectivity index (χ1) is 24.6. The predicted octanol–water partition coefficient (Wildman–Crippen LogP) is 5.01. The first-order valence-corrected chi connectivity index (χ1v) is 21.1. The van der Waals surface area contributed by atoms with E-state index in [9.17, 15) is 35.8 Å². The van der Waals surface area contributed by atoms with Crippen LogP contribution in [0, 0.1) is 0 Å². The molecule has 0 saturated carbocycles. The summed E-state index contributed by atoms with van der Waals surface area (Å²) in [5.41, 5.74) is 2.71. The molecule has 0 atom stereocenters. The lowest BCUT2D eigenvalue weighted by Gasteiger charge is -2.27. The van der Waals surface area contributed by atoms with Crippen molar-refractivity contribution in [1.82, 2.24) is 9.37 Å². The Hall–Kier alpha value is -3.96. The standard InChI is InChI=1S/C36H42N4O9S3/c1-36(2)27-23-26(52(46,47)48)15-16-28(27)39(22-9-4-6-13-35(43)49-40-32(41)18-19-33(40)42)31(36)11-10-12-34-37(3)29-17-14-25(24-30(29)50-34)51(44,45)38-20-7-5-8-21-38/h10-12,14-17,23-24H,4-9,13,18-22H2,1-3H3/p+1. The molecule has 0 unspecified atom stereocenters. The molecule has 0 bridgehead atoms. The molecule has 6 rings (SSSR count). The van der Waals surface area contributed by atoms with Crippen LogP contribution >= 0.6 is 11.3 Å². The number of allylic oxidation sites excluding steroid dienone is 3. The van der Waals surface area contributed by atoms with E-state index in [4.69, 9.17) is 4.84 Å². The van der Waals surface area contributed by atoms with E-state index in [1.165, 1.54) is 23.5 Å². The number of fused-ring (bicyclic) bond motifs is 2. The molecule has 0 aliphatic carbocycles. The van der Waals surface area contributed by atoms with Crippen LogP contribution < -0.4 is 9.47 Å². The van der Waals surface area contributed by atoms with E-state index in [-0.39, 0.29) is 24.2 Å². The molecule has 0 radical (unpaired) electrons. The van der Waals surface area contributed by atoms with Crippen molar-refractivity contribution in [3.05, 3.63) is 64.8 Å². The number of hydrogen-bond donors (Lipinski definition) is 1. The van der Waals surface area contributed by atoms with Gasteiger partial charge in [-0.2, -0.15) is 17.3 Å². The van der Waals surface area contributed by atoms with Crippen LogP contribution in [0.1, 0.15) is 82.2 Å². The zero-order chi connectivity index (χ0) is 37.4. The van der Waals surface area contributed by atoms with Gasteiger partial charge in [0.25, 0.3) is 26.9 Å². The summed E-state index contributed by atoms with van der Waals surface area (Å²) in [7, 11) is -6.07. The van der Waals surface area contributed by atoms with Gasteiger partial charge < -0.3 is 9.74 Å². The number of hydroxylamine groups is 2. The molecule has 2 fully saturated rings. The molecule has 13 nitrogen and oxygen atoms in total. The fraction of sp³-hybridized carbons (Fsp3) is 0.444. The summed E-state index contributed by atoms with van der Waals surface area (Å²) >= 11 is 1.49. The third-order valence-electron chi connectivity index (χ3n) is 9.91. The van der Waals surface area contributed by atoms with Crippen molar-refractivity contribution in [2.75, 3.05) is 24.5 Å². The van der Waals surface area contributed by atoms with Gasteiger partial charge in [-0.05, 0) is 67.7 Å². The molecule has 0 spiro atoms. The number of carbonyl (C=O) groups excluding carboxylic acids is 3. The summed E-state index contributed by atoms with van der Waals surface area (Å²) in [6.45, 7) is 5.59. The summed E-state index contributed by atoms with van der Waals surface area (Å²) in [5.74, 6) is -1.69. The second-order valence-electron chi connectivity index (χ2n) is 13.8. The largest absolute Gasteiger partial charge is 0.344 e. The summed E-state index contributed by atoms with van der Waals surface area (Å²) in [5, 5.41) is 1.45. The number of anilines is 1. The lowest BCUT2D eigenvalue weighted by atomic mass is 9.83. The number of rotatable bonds is 12. The molecule has 52 heavy (non-hydrogen) atoms. The minimum absolute atomic E-state index is 0.0330. The fourth-order valence-electron chi connectivity index (χ4n) is 7.01. The van der Waals surface area contributed by atoms with Crippen LogP contribution in [0.3, 0.4) is 0 Å². The van der Waals surface area contributed by atoms with Crippen molar-refractivity contribution in [1.29, 1.82) is 0 Å². The smallest absolute Gasteiger partial charge is 0.333 e. The van der Waals surface area contributed by atoms with Gasteiger partial charge in [-0.1, -0.05) is 44.1 Å². The van der Waals surface area contributed by atoms with E-state index in [2.05, 4.69) is 4.90 Å². The molecule has 2 aromatic carbocycles. The molecule has 3 aromatic rings. The van der Waals surface area contributed by atoms with Crippen molar-refractivity contribution in [2.45, 2.75) is 86.8 Å². The zero-order valence-corrected chi connectivity index (χ0v) is 31.9. The summed E-state index contributed by atoms with van der Waals surface area (Å²) in [4.78, 5) is 43.0. The quantitative estimate of drug-likeness (QED) is 0.115. The van der Waals surface area contributed by atoms with Gasteiger partial charge in [0.15, 0.2) is 0 Å². The molecule has 2 amide bonds. The van der Waals surface area contributed by atoms with Crippen LogP contribution in [0.25, 0.3) is 16.3 Å². The molecule has 1 N–H and O–H groups in total. The van der Waals surface area contributed by atoms with E-state index in [1.54, 1.807) is 22.5 Å². The number of unbranched alkanes of at least 4 members (excludes halogenated alkanes) is 2. The molecule has 4 heterocycles. The first-order valence-electron chi connectivity index (χ1n) is 17.4. The van der Waals surface area contributed by atoms with Crippen molar-refractivity contribution >= 4 is 71.2 Å². The Kier molecular flexibility index (Phi) is 10.8. The SMILES string of the molecule is C[n+]1c(/C=C/C=C2/N(CCCCCC(=O)ON3C(=O)CCC3=O)c3ccc(S(=O)(=O)O)cc3C2(C)C)sc2cc(S(=O)(=O)N3CCCCC3)ccc21. The Morgan fingerprint density at radius 3 is 2.35 bits per heavy atom. The summed E-state index contributed by atoms with van der Waals surface area (Å²) < 4.78 is 65.0. The third kappa shape index (κ3) is 7.57. The molecular weight excluding hydrogens is 729 g/mol. The Bertz CT molecular complexity index is 2190. The average molecular weight is 772 g/mol. The summed E-state index contributed by atoms with van der Waals surface area (Å²) in [6.07, 6.45) is 10.5. The number of aryl methyl sites for hydroxylation is 1. The Balaban J connectivity index is 1.20. The lowest BCUT2D eigenvalue weighted by Crippen LogP contribution is -2.35. The number of nitrogens with zero attached hydrogens (tertiary/aromatic N) is 4. The van der Waals surface area contributed by atoms with Gasteiger partial charge in [-0.3, -0.25) is 14.1 Å². The number of piperidine rings is 1. The van der Waals surface area contributed by atoms with E-state index in [1.807, 2.05) is 49.8 Å². The van der Waals surface area contributed by atoms with Crippen LogP contribution in [-0.4, -0.2) is 68.2 Å². The van der Waals surface area contributed by atoms with Crippen molar-refractivity contribution < 1.29 is 45.2 Å². The van der Waals surface area contributed by atoms with E-state index in [0.717, 1.165) is 51.4 Å². The molecule has 2 saturated heterocycles. The highest BCUT2D eigenvalue weighted by Gasteiger charge is 2.40. The third-order valence-corrected chi connectivity index (χ3v) is 13.8. The topological polar surface area (TPSA) is 163 Å². The molecular formula is C36H43N4O9S3+. The maximum Gasteiger partial charge on any atom is 0.333 e. The highest BCUT2D eigenvalue weighted by atomic mass is 32.2. The monoisotopic (exact) mass is 771 g/mol. The van der Waals surface area contributed by atoms with Gasteiger partial charge in [-0.15, -0.1) is 5.06 Å². The van der Waals surface area contributed by atoms with Crippen LogP contribution in [0.15, 0.2) is 64.0 Å². The number of sulfonamides is 1. The predicted molar refractivity (Wildman–Crippen MR) is 195 cm³/mol. The highest BCUT2D eigenvalue weighted by molar-refractivity contribution is 7.89. The number of thiazole rings is 1. The van der Waals surface area contributed by atoms with Crippen LogP contribution in [-0.2, 0) is 51.8 Å². The maximum absolute atomic E-state index is 13.3. The molecule has 3 aliphatic rings. The van der Waals surface area contributed by atoms with Gasteiger partial charge in [0.05, 0.1) is 9.79 Å². The fourth-order valence-corrected chi connectivity index (χ4v) is 10.2. The van der Waals surface area contributed by atoms with E-state index < -0.39 is 43.3 Å². The zero-order valence-electron chi connectivity index (χ0n) is 29.4. The highest BCUT2D eigenvalue weighted by Crippen LogP contribution is 2.48. The minimum atomic E-state index is -4.43. The van der Waals surface area contributed by atoms with Crippen LogP contribution in [0.4, 0.5) is 5.69 Å².